The van der Waals surface area contributed by atoms with Crippen molar-refractivity contribution < 1.29 is 28.5 Å². The molecule has 6 nitrogen and oxygen atoms in total. The molecule has 0 radical (unpaired) electrons. The van der Waals surface area contributed by atoms with E-state index in [4.69, 9.17) is 14.2 Å². The fourth-order valence-corrected chi connectivity index (χ4v) is 4.28. The van der Waals surface area contributed by atoms with E-state index in [2.05, 4.69) is 4.74 Å². The number of ether oxygens (including phenoxy) is 4. The number of carbonyl (C=O) groups excluding carboxylic acids is 2. The van der Waals surface area contributed by atoms with Crippen molar-refractivity contribution in [2.75, 3.05) is 27.1 Å². The first-order chi connectivity index (χ1) is 18.6. The number of benzene rings is 4. The number of rotatable bonds is 6. The largest absolute Gasteiger partial charge is 0.463 e. The number of hydrogen-bond donors (Lipinski definition) is 0. The first-order valence-corrected chi connectivity index (χ1v) is 12.4. The summed E-state index contributed by atoms with van der Waals surface area (Å²) in [4.78, 5) is 22.4. The molecule has 0 spiro atoms. The molecule has 1 aliphatic rings. The van der Waals surface area contributed by atoms with Gasteiger partial charge in [0, 0.05) is 30.9 Å². The standard InChI is InChI=1S/C29H22O5.C3H8O/c1-2-32-27(31)14-7-20-6-11-24-22(17-20)9-13-26-29(24)28-23-10-5-19(4-3-15-30)16-21(23)8-12-25(28)33-18-34-26;1-3-4-2/h3-17H,2,18H2,1H3;3H2,1-2H3/b4-3+,14-7+;. The summed E-state index contributed by atoms with van der Waals surface area (Å²) in [5.74, 6) is 1.14. The van der Waals surface area contributed by atoms with Crippen LogP contribution in [0.25, 0.3) is 44.8 Å². The topological polar surface area (TPSA) is 71.1 Å². The lowest BCUT2D eigenvalue weighted by molar-refractivity contribution is -0.137. The second kappa shape index (κ2) is 12.7. The number of methoxy groups -OCH3 is 1. The van der Waals surface area contributed by atoms with Crippen molar-refractivity contribution in [2.24, 2.45) is 0 Å². The molecule has 0 aliphatic carbocycles. The highest BCUT2D eigenvalue weighted by molar-refractivity contribution is 6.10. The lowest BCUT2D eigenvalue weighted by atomic mass is 9.91. The molecule has 0 aromatic heterocycles. The monoisotopic (exact) mass is 510 g/mol. The molecule has 0 fully saturated rings. The first-order valence-electron chi connectivity index (χ1n) is 12.4. The maximum Gasteiger partial charge on any atom is 0.330 e. The molecule has 0 bridgehead atoms. The van der Waals surface area contributed by atoms with Crippen LogP contribution in [0.2, 0.25) is 0 Å². The maximum absolute atomic E-state index is 11.7. The van der Waals surface area contributed by atoms with Gasteiger partial charge in [-0.3, -0.25) is 4.79 Å². The summed E-state index contributed by atoms with van der Waals surface area (Å²) < 4.78 is 21.4. The fraction of sp³-hybridized carbons (Fsp3) is 0.188. The lowest BCUT2D eigenvalue weighted by Gasteiger charge is -2.14. The molecule has 0 unspecified atom stereocenters. The molecule has 38 heavy (non-hydrogen) atoms. The molecule has 1 heterocycles. The molecular formula is C32H30O6. The molecular weight excluding hydrogens is 480 g/mol. The van der Waals surface area contributed by atoms with Crippen LogP contribution >= 0.6 is 0 Å². The summed E-state index contributed by atoms with van der Waals surface area (Å²) in [6.45, 7) is 5.03. The van der Waals surface area contributed by atoms with Gasteiger partial charge in [-0.15, -0.1) is 0 Å². The smallest absolute Gasteiger partial charge is 0.330 e. The van der Waals surface area contributed by atoms with Gasteiger partial charge < -0.3 is 18.9 Å². The average molecular weight is 511 g/mol. The van der Waals surface area contributed by atoms with E-state index in [-0.39, 0.29) is 12.8 Å². The molecule has 4 aromatic carbocycles. The molecule has 5 rings (SSSR count). The zero-order valence-electron chi connectivity index (χ0n) is 21.7. The van der Waals surface area contributed by atoms with Gasteiger partial charge in [-0.2, -0.15) is 0 Å². The van der Waals surface area contributed by atoms with Crippen LogP contribution in [0.1, 0.15) is 25.0 Å². The number of carbonyl (C=O) groups is 2. The second-order valence-electron chi connectivity index (χ2n) is 8.40. The molecule has 0 saturated carbocycles. The van der Waals surface area contributed by atoms with Crippen molar-refractivity contribution in [1.82, 2.24) is 0 Å². The minimum Gasteiger partial charge on any atom is -0.463 e. The SMILES string of the molecule is CCOC.CCOC(=O)/C=C/c1ccc2c3c(ccc2c1)OCOc1ccc2cc(/C=C/C=O)ccc2c1-3. The van der Waals surface area contributed by atoms with Gasteiger partial charge in [-0.05, 0) is 82.9 Å². The highest BCUT2D eigenvalue weighted by Crippen LogP contribution is 2.47. The minimum atomic E-state index is -0.363. The Bertz CT molecular complexity index is 1510. The molecule has 0 atom stereocenters. The highest BCUT2D eigenvalue weighted by atomic mass is 16.7. The highest BCUT2D eigenvalue weighted by Gasteiger charge is 2.22. The predicted molar refractivity (Wildman–Crippen MR) is 151 cm³/mol. The Hall–Kier alpha value is -4.42. The molecule has 1 aliphatic heterocycles. The summed E-state index contributed by atoms with van der Waals surface area (Å²) in [6.07, 6.45) is 7.22. The van der Waals surface area contributed by atoms with E-state index in [0.29, 0.717) is 6.61 Å². The van der Waals surface area contributed by atoms with Gasteiger partial charge in [0.25, 0.3) is 0 Å². The third-order valence-corrected chi connectivity index (χ3v) is 6.04. The van der Waals surface area contributed by atoms with E-state index >= 15 is 0 Å². The molecule has 0 amide bonds. The van der Waals surface area contributed by atoms with Crippen molar-refractivity contribution in [3.8, 4) is 22.6 Å². The Morgan fingerprint density at radius 3 is 1.87 bits per heavy atom. The molecule has 0 N–H and O–H groups in total. The molecule has 0 saturated heterocycles. The first kappa shape index (κ1) is 26.6. The number of aldehydes is 1. The van der Waals surface area contributed by atoms with E-state index < -0.39 is 0 Å². The number of allylic oxidation sites excluding steroid dienone is 1. The number of esters is 1. The maximum atomic E-state index is 11.7. The summed E-state index contributed by atoms with van der Waals surface area (Å²) in [5.41, 5.74) is 3.78. The van der Waals surface area contributed by atoms with Crippen molar-refractivity contribution in [3.63, 3.8) is 0 Å². The zero-order valence-corrected chi connectivity index (χ0v) is 21.7. The quantitative estimate of drug-likeness (QED) is 0.161. The average Bonchev–Trinajstić information content (AvgIpc) is 3.14. The van der Waals surface area contributed by atoms with Crippen LogP contribution in [0.15, 0.2) is 72.8 Å². The van der Waals surface area contributed by atoms with Gasteiger partial charge in [0.05, 0.1) is 6.61 Å². The zero-order chi connectivity index (χ0) is 26.9. The summed E-state index contributed by atoms with van der Waals surface area (Å²) in [5, 5.41) is 4.11. The van der Waals surface area contributed by atoms with E-state index in [1.165, 1.54) is 12.2 Å². The van der Waals surface area contributed by atoms with Crippen molar-refractivity contribution >= 4 is 46.0 Å². The minimum absolute atomic E-state index is 0.123. The van der Waals surface area contributed by atoms with E-state index in [1.807, 2.05) is 67.6 Å². The summed E-state index contributed by atoms with van der Waals surface area (Å²) >= 11 is 0. The van der Waals surface area contributed by atoms with Crippen LogP contribution in [0.5, 0.6) is 11.5 Å². The van der Waals surface area contributed by atoms with Crippen LogP contribution < -0.4 is 9.47 Å². The molecule has 6 heteroatoms. The van der Waals surface area contributed by atoms with Crippen LogP contribution in [-0.2, 0) is 19.1 Å². The van der Waals surface area contributed by atoms with Crippen LogP contribution in [-0.4, -0.2) is 39.4 Å². The van der Waals surface area contributed by atoms with Gasteiger partial charge in [0.2, 0.25) is 6.79 Å². The Morgan fingerprint density at radius 2 is 1.37 bits per heavy atom. The molecule has 4 aromatic rings. The lowest BCUT2D eigenvalue weighted by Crippen LogP contribution is -2.03. The second-order valence-corrected chi connectivity index (χ2v) is 8.40. The summed E-state index contributed by atoms with van der Waals surface area (Å²) in [7, 11) is 1.68. The number of fused-ring (bicyclic) bond motifs is 7. The van der Waals surface area contributed by atoms with Crippen molar-refractivity contribution in [2.45, 2.75) is 13.8 Å². The number of hydrogen-bond acceptors (Lipinski definition) is 6. The Kier molecular flexibility index (Phi) is 8.90. The van der Waals surface area contributed by atoms with Crippen LogP contribution in [0, 0.1) is 0 Å². The van der Waals surface area contributed by atoms with Crippen molar-refractivity contribution in [1.29, 1.82) is 0 Å². The summed E-state index contributed by atoms with van der Waals surface area (Å²) in [6, 6.07) is 20.1. The Balaban J connectivity index is 0.000000786. The Labute approximate surface area is 222 Å². The normalized spacial score (nSPS) is 12.2. The van der Waals surface area contributed by atoms with Gasteiger partial charge in [0.1, 0.15) is 17.8 Å². The van der Waals surface area contributed by atoms with Gasteiger partial charge >= 0.3 is 5.97 Å². The van der Waals surface area contributed by atoms with Crippen molar-refractivity contribution in [3.05, 3.63) is 83.9 Å². The third-order valence-electron chi connectivity index (χ3n) is 6.04. The van der Waals surface area contributed by atoms with E-state index in [0.717, 1.165) is 68.2 Å². The van der Waals surface area contributed by atoms with Gasteiger partial charge in [0.15, 0.2) is 0 Å². The third kappa shape index (κ3) is 5.93. The molecule has 194 valence electrons. The van der Waals surface area contributed by atoms with Gasteiger partial charge in [-0.25, -0.2) is 4.79 Å². The van der Waals surface area contributed by atoms with Gasteiger partial charge in [-0.1, -0.05) is 42.5 Å². The predicted octanol–water partition coefficient (Wildman–Crippen LogP) is 6.83. The van der Waals surface area contributed by atoms with E-state index in [9.17, 15) is 9.59 Å². The Morgan fingerprint density at radius 1 is 0.816 bits per heavy atom. The van der Waals surface area contributed by atoms with E-state index in [1.54, 1.807) is 26.2 Å². The fourth-order valence-electron chi connectivity index (χ4n) is 4.28. The van der Waals surface area contributed by atoms with Crippen LogP contribution in [0.4, 0.5) is 0 Å². The van der Waals surface area contributed by atoms with Crippen LogP contribution in [0.3, 0.4) is 0 Å².